The molecule has 2 saturated heterocycles. The van der Waals surface area contributed by atoms with Crippen LogP contribution in [0.1, 0.15) is 32.1 Å². The summed E-state index contributed by atoms with van der Waals surface area (Å²) in [6, 6.07) is 0.373. The van der Waals surface area contributed by atoms with Gasteiger partial charge in [0.2, 0.25) is 0 Å². The van der Waals surface area contributed by atoms with Crippen molar-refractivity contribution in [1.29, 1.82) is 0 Å². The average molecular weight is 248 g/mol. The van der Waals surface area contributed by atoms with Gasteiger partial charge in [0.15, 0.2) is 0 Å². The van der Waals surface area contributed by atoms with Crippen LogP contribution in [0.4, 0.5) is 13.2 Å². The van der Waals surface area contributed by atoms with Crippen LogP contribution in [0, 0.1) is 0 Å². The summed E-state index contributed by atoms with van der Waals surface area (Å²) >= 11 is 0. The molecule has 3 rings (SSSR count). The minimum atomic E-state index is -4.04. The van der Waals surface area contributed by atoms with E-state index in [9.17, 15) is 13.2 Å². The molecule has 1 saturated carbocycles. The van der Waals surface area contributed by atoms with Crippen LogP contribution >= 0.6 is 0 Å². The first kappa shape index (κ1) is 11.8. The molecule has 98 valence electrons. The van der Waals surface area contributed by atoms with Crippen LogP contribution in [0.25, 0.3) is 0 Å². The van der Waals surface area contributed by atoms with Crippen molar-refractivity contribution in [1.82, 2.24) is 9.80 Å². The minimum absolute atomic E-state index is 0.309. The van der Waals surface area contributed by atoms with Gasteiger partial charge in [-0.1, -0.05) is 0 Å². The van der Waals surface area contributed by atoms with Gasteiger partial charge in [0, 0.05) is 19.1 Å². The van der Waals surface area contributed by atoms with Crippen molar-refractivity contribution in [3.05, 3.63) is 0 Å². The van der Waals surface area contributed by atoms with Gasteiger partial charge in [-0.05, 0) is 45.2 Å². The largest absolute Gasteiger partial charge is 0.406 e. The Morgan fingerprint density at radius 2 is 1.71 bits per heavy atom. The van der Waals surface area contributed by atoms with Crippen molar-refractivity contribution in [2.24, 2.45) is 0 Å². The number of hydrogen-bond donors (Lipinski definition) is 0. The molecule has 2 nitrogen and oxygen atoms in total. The molecule has 17 heavy (non-hydrogen) atoms. The van der Waals surface area contributed by atoms with Crippen LogP contribution in [-0.4, -0.2) is 53.7 Å². The zero-order chi connectivity index (χ0) is 12.1. The number of hydrogen-bond acceptors (Lipinski definition) is 2. The average Bonchev–Trinajstić information content (AvgIpc) is 2.99. The van der Waals surface area contributed by atoms with Crippen molar-refractivity contribution in [2.45, 2.75) is 49.9 Å². The van der Waals surface area contributed by atoms with Crippen LogP contribution in [0.2, 0.25) is 0 Å². The monoisotopic (exact) mass is 248 g/mol. The maximum atomic E-state index is 13.1. The molecule has 2 heterocycles. The summed E-state index contributed by atoms with van der Waals surface area (Å²) < 4.78 is 39.3. The van der Waals surface area contributed by atoms with E-state index in [4.69, 9.17) is 0 Å². The van der Waals surface area contributed by atoms with E-state index >= 15 is 0 Å². The Labute approximate surface area is 99.8 Å². The van der Waals surface area contributed by atoms with Crippen molar-refractivity contribution in [3.8, 4) is 0 Å². The first-order chi connectivity index (χ1) is 8.03. The number of fused-ring (bicyclic) bond motifs is 1. The van der Waals surface area contributed by atoms with Crippen LogP contribution in [-0.2, 0) is 0 Å². The molecule has 0 aromatic rings. The third kappa shape index (κ3) is 1.87. The SMILES string of the molecule is FC(F)(F)C1(N2CCCN3CCCC3C2)CC1. The summed E-state index contributed by atoms with van der Waals surface area (Å²) in [6.45, 7) is 3.30. The molecule has 3 aliphatic rings. The van der Waals surface area contributed by atoms with Gasteiger partial charge in [-0.2, -0.15) is 13.2 Å². The van der Waals surface area contributed by atoms with E-state index in [1.807, 2.05) is 0 Å². The van der Waals surface area contributed by atoms with E-state index in [2.05, 4.69) is 4.90 Å². The summed E-state index contributed by atoms with van der Waals surface area (Å²) in [5, 5.41) is 0. The molecule has 0 aromatic heterocycles. The lowest BCUT2D eigenvalue weighted by atomic mass is 10.1. The highest BCUT2D eigenvalue weighted by atomic mass is 19.4. The first-order valence-corrected chi connectivity index (χ1v) is 6.59. The van der Waals surface area contributed by atoms with Crippen LogP contribution in [0.5, 0.6) is 0 Å². The molecule has 1 unspecified atom stereocenters. The van der Waals surface area contributed by atoms with E-state index in [1.165, 1.54) is 0 Å². The Balaban J connectivity index is 1.75. The quantitative estimate of drug-likeness (QED) is 0.702. The normalized spacial score (nSPS) is 34.4. The molecule has 5 heteroatoms. The fourth-order valence-corrected chi connectivity index (χ4v) is 3.49. The van der Waals surface area contributed by atoms with Gasteiger partial charge in [0.05, 0.1) is 0 Å². The molecule has 0 radical (unpaired) electrons. The topological polar surface area (TPSA) is 6.48 Å². The summed E-state index contributed by atoms with van der Waals surface area (Å²) in [5.74, 6) is 0. The van der Waals surface area contributed by atoms with Crippen molar-refractivity contribution >= 4 is 0 Å². The molecule has 0 amide bonds. The van der Waals surface area contributed by atoms with E-state index < -0.39 is 11.7 Å². The van der Waals surface area contributed by atoms with Crippen LogP contribution in [0.15, 0.2) is 0 Å². The van der Waals surface area contributed by atoms with Crippen molar-refractivity contribution < 1.29 is 13.2 Å². The first-order valence-electron chi connectivity index (χ1n) is 6.59. The third-order valence-corrected chi connectivity index (χ3v) is 4.66. The van der Waals surface area contributed by atoms with Gasteiger partial charge < -0.3 is 0 Å². The lowest BCUT2D eigenvalue weighted by Gasteiger charge is -2.34. The lowest BCUT2D eigenvalue weighted by Crippen LogP contribution is -2.51. The predicted molar refractivity (Wildman–Crippen MR) is 58.8 cm³/mol. The van der Waals surface area contributed by atoms with Gasteiger partial charge in [-0.15, -0.1) is 0 Å². The fraction of sp³-hybridized carbons (Fsp3) is 1.00. The number of nitrogens with zero attached hydrogens (tertiary/aromatic N) is 2. The van der Waals surface area contributed by atoms with E-state index in [0.717, 1.165) is 32.4 Å². The summed E-state index contributed by atoms with van der Waals surface area (Å²) in [7, 11) is 0. The predicted octanol–water partition coefficient (Wildman–Crippen LogP) is 2.25. The van der Waals surface area contributed by atoms with Gasteiger partial charge in [0.25, 0.3) is 0 Å². The second-order valence-electron chi connectivity index (χ2n) is 5.66. The van der Waals surface area contributed by atoms with Crippen LogP contribution in [0.3, 0.4) is 0 Å². The Bertz CT molecular complexity index is 299. The lowest BCUT2D eigenvalue weighted by molar-refractivity contribution is -0.196. The Kier molecular flexibility index (Phi) is 2.67. The number of rotatable bonds is 1. The van der Waals surface area contributed by atoms with Crippen LogP contribution < -0.4 is 0 Å². The highest BCUT2D eigenvalue weighted by molar-refractivity contribution is 5.10. The zero-order valence-corrected chi connectivity index (χ0v) is 9.97. The fourth-order valence-electron chi connectivity index (χ4n) is 3.49. The molecule has 0 N–H and O–H groups in total. The smallest absolute Gasteiger partial charge is 0.299 e. The van der Waals surface area contributed by atoms with E-state index in [1.54, 1.807) is 4.90 Å². The molecule has 2 aliphatic heterocycles. The summed E-state index contributed by atoms with van der Waals surface area (Å²) in [4.78, 5) is 4.12. The second kappa shape index (κ2) is 3.85. The van der Waals surface area contributed by atoms with Gasteiger partial charge >= 0.3 is 6.18 Å². The zero-order valence-electron chi connectivity index (χ0n) is 9.97. The standard InChI is InChI=1S/C12H19F3N2/c13-12(14,15)11(4-5-11)17-8-2-7-16-6-1-3-10(16)9-17/h10H,1-9H2. The van der Waals surface area contributed by atoms with Crippen molar-refractivity contribution in [2.75, 3.05) is 26.2 Å². The molecule has 1 aliphatic carbocycles. The minimum Gasteiger partial charge on any atom is -0.299 e. The highest BCUT2D eigenvalue weighted by Crippen LogP contribution is 2.54. The molecule has 0 spiro atoms. The third-order valence-electron chi connectivity index (χ3n) is 4.66. The maximum Gasteiger partial charge on any atom is 0.406 e. The van der Waals surface area contributed by atoms with E-state index in [-0.39, 0.29) is 0 Å². The van der Waals surface area contributed by atoms with E-state index in [0.29, 0.717) is 32.0 Å². The van der Waals surface area contributed by atoms with Gasteiger partial charge in [-0.25, -0.2) is 0 Å². The summed E-state index contributed by atoms with van der Waals surface area (Å²) in [6.07, 6.45) is -0.316. The molecule has 0 bridgehead atoms. The Morgan fingerprint density at radius 3 is 2.35 bits per heavy atom. The molecule has 1 atom stereocenters. The Hall–Kier alpha value is -0.290. The Morgan fingerprint density at radius 1 is 1.00 bits per heavy atom. The number of halogens is 3. The van der Waals surface area contributed by atoms with Crippen molar-refractivity contribution in [3.63, 3.8) is 0 Å². The van der Waals surface area contributed by atoms with Gasteiger partial charge in [-0.3, -0.25) is 9.80 Å². The molecular weight excluding hydrogens is 229 g/mol. The summed E-state index contributed by atoms with van der Waals surface area (Å²) in [5.41, 5.74) is -1.45. The van der Waals surface area contributed by atoms with Gasteiger partial charge in [0.1, 0.15) is 5.54 Å². The second-order valence-corrected chi connectivity index (χ2v) is 5.66. The maximum absolute atomic E-state index is 13.1. The molecule has 0 aromatic carbocycles. The number of alkyl halides is 3. The molecular formula is C12H19F3N2. The highest BCUT2D eigenvalue weighted by Gasteiger charge is 2.66. The molecule has 3 fully saturated rings.